The van der Waals surface area contributed by atoms with Gasteiger partial charge in [-0.2, -0.15) is 0 Å². The van der Waals surface area contributed by atoms with Crippen molar-refractivity contribution in [1.29, 1.82) is 0 Å². The van der Waals surface area contributed by atoms with Gasteiger partial charge in [-0.05, 0) is 61.0 Å². The maximum absolute atomic E-state index is 12.2. The number of nitrogens with one attached hydrogen (secondary N) is 2. The zero-order chi connectivity index (χ0) is 21.9. The minimum absolute atomic E-state index is 0.0748. The number of rotatable bonds is 11. The summed E-state index contributed by atoms with van der Waals surface area (Å²) in [5.74, 6) is 0.744. The lowest BCUT2D eigenvalue weighted by molar-refractivity contribution is -0.118. The Morgan fingerprint density at radius 3 is 2.17 bits per heavy atom. The molecule has 162 valence electrons. The molecule has 2 amide bonds. The Balaban J connectivity index is 1.77. The molecule has 0 atom stereocenters. The van der Waals surface area contributed by atoms with Crippen molar-refractivity contribution in [3.63, 3.8) is 0 Å². The van der Waals surface area contributed by atoms with E-state index in [4.69, 9.17) is 4.74 Å². The van der Waals surface area contributed by atoms with Crippen LogP contribution in [0.2, 0.25) is 0 Å². The van der Waals surface area contributed by atoms with Gasteiger partial charge in [0.15, 0.2) is 6.61 Å². The van der Waals surface area contributed by atoms with E-state index < -0.39 is 0 Å². The van der Waals surface area contributed by atoms with Crippen LogP contribution in [0.4, 0.5) is 5.69 Å². The Morgan fingerprint density at radius 2 is 1.60 bits per heavy atom. The summed E-state index contributed by atoms with van der Waals surface area (Å²) in [5.41, 5.74) is 2.41. The summed E-state index contributed by atoms with van der Waals surface area (Å²) in [6.45, 7) is 11.8. The molecule has 0 bridgehead atoms. The summed E-state index contributed by atoms with van der Waals surface area (Å²) in [6, 6.07) is 14.6. The summed E-state index contributed by atoms with van der Waals surface area (Å²) < 4.78 is 5.54. The van der Waals surface area contributed by atoms with Crippen molar-refractivity contribution in [3.8, 4) is 5.75 Å². The van der Waals surface area contributed by atoms with Crippen molar-refractivity contribution in [1.82, 2.24) is 10.2 Å². The third-order valence-electron chi connectivity index (χ3n) is 4.96. The van der Waals surface area contributed by atoms with Gasteiger partial charge in [0.05, 0.1) is 0 Å². The molecule has 2 rings (SSSR count). The van der Waals surface area contributed by atoms with Crippen LogP contribution in [0.5, 0.6) is 5.75 Å². The van der Waals surface area contributed by atoms with Gasteiger partial charge in [-0.15, -0.1) is 0 Å². The molecule has 2 N–H and O–H groups in total. The van der Waals surface area contributed by atoms with Crippen molar-refractivity contribution in [2.24, 2.45) is 0 Å². The van der Waals surface area contributed by atoms with Gasteiger partial charge in [0.25, 0.3) is 11.8 Å². The SMILES string of the molecule is CCN(CC)CCNC(=O)c1ccc(NC(=O)COc2ccc(C(C)C)cc2)cc1. The number of carbonyl (C=O) groups excluding carboxylic acids is 2. The van der Waals surface area contributed by atoms with E-state index in [2.05, 4.69) is 43.2 Å². The normalized spacial score (nSPS) is 10.9. The molecule has 30 heavy (non-hydrogen) atoms. The minimum Gasteiger partial charge on any atom is -0.484 e. The van der Waals surface area contributed by atoms with Crippen LogP contribution in [0.3, 0.4) is 0 Å². The maximum atomic E-state index is 12.2. The molecule has 2 aromatic rings. The number of amides is 2. The van der Waals surface area contributed by atoms with Crippen molar-refractivity contribution >= 4 is 17.5 Å². The van der Waals surface area contributed by atoms with Gasteiger partial charge in [-0.1, -0.05) is 39.8 Å². The van der Waals surface area contributed by atoms with Crippen LogP contribution in [-0.4, -0.2) is 49.5 Å². The number of anilines is 1. The quantitative estimate of drug-likeness (QED) is 0.588. The number of carbonyl (C=O) groups is 2. The number of ether oxygens (including phenoxy) is 1. The van der Waals surface area contributed by atoms with Crippen molar-refractivity contribution in [3.05, 3.63) is 59.7 Å². The molecule has 0 spiro atoms. The molecular formula is C24H33N3O3. The first-order chi connectivity index (χ1) is 14.4. The summed E-state index contributed by atoms with van der Waals surface area (Å²) in [5, 5.41) is 5.70. The Labute approximate surface area is 179 Å². The van der Waals surface area contributed by atoms with Gasteiger partial charge in [0.1, 0.15) is 5.75 Å². The van der Waals surface area contributed by atoms with Crippen LogP contribution in [-0.2, 0) is 4.79 Å². The first-order valence-corrected chi connectivity index (χ1v) is 10.6. The minimum atomic E-state index is -0.251. The molecule has 0 unspecified atom stereocenters. The van der Waals surface area contributed by atoms with Crippen LogP contribution in [0.1, 0.15) is 49.5 Å². The fourth-order valence-corrected chi connectivity index (χ4v) is 2.97. The van der Waals surface area contributed by atoms with E-state index in [0.29, 0.717) is 29.5 Å². The second-order valence-electron chi connectivity index (χ2n) is 7.42. The highest BCUT2D eigenvalue weighted by Gasteiger charge is 2.08. The highest BCUT2D eigenvalue weighted by atomic mass is 16.5. The first-order valence-electron chi connectivity index (χ1n) is 10.6. The van der Waals surface area contributed by atoms with Crippen LogP contribution < -0.4 is 15.4 Å². The number of benzene rings is 2. The van der Waals surface area contributed by atoms with Crippen LogP contribution in [0, 0.1) is 0 Å². The molecule has 0 aliphatic carbocycles. The van der Waals surface area contributed by atoms with Gasteiger partial charge < -0.3 is 20.3 Å². The van der Waals surface area contributed by atoms with E-state index in [0.717, 1.165) is 19.6 Å². The number of nitrogens with zero attached hydrogens (tertiary/aromatic N) is 1. The first kappa shape index (κ1) is 23.4. The summed E-state index contributed by atoms with van der Waals surface area (Å²) >= 11 is 0. The highest BCUT2D eigenvalue weighted by Crippen LogP contribution is 2.18. The van der Waals surface area contributed by atoms with E-state index >= 15 is 0 Å². The lowest BCUT2D eigenvalue weighted by atomic mass is 10.0. The summed E-state index contributed by atoms with van der Waals surface area (Å²) in [6.07, 6.45) is 0. The van der Waals surface area contributed by atoms with E-state index in [-0.39, 0.29) is 18.4 Å². The van der Waals surface area contributed by atoms with Crippen LogP contribution >= 0.6 is 0 Å². The van der Waals surface area contributed by atoms with Crippen molar-refractivity contribution < 1.29 is 14.3 Å². The maximum Gasteiger partial charge on any atom is 0.262 e. The lowest BCUT2D eigenvalue weighted by Crippen LogP contribution is -2.34. The van der Waals surface area contributed by atoms with Gasteiger partial charge in [-0.3, -0.25) is 9.59 Å². The molecule has 6 nitrogen and oxygen atoms in total. The number of likely N-dealkylation sites (N-methyl/N-ethyl adjacent to an activating group) is 1. The fourth-order valence-electron chi connectivity index (χ4n) is 2.97. The molecule has 0 saturated heterocycles. The summed E-state index contributed by atoms with van der Waals surface area (Å²) in [4.78, 5) is 26.6. The molecule has 0 aliphatic heterocycles. The molecule has 0 heterocycles. The Bertz CT molecular complexity index is 797. The van der Waals surface area contributed by atoms with E-state index in [1.807, 2.05) is 24.3 Å². The monoisotopic (exact) mass is 411 g/mol. The number of hydrogen-bond donors (Lipinski definition) is 2. The smallest absolute Gasteiger partial charge is 0.262 e. The second kappa shape index (κ2) is 12.0. The van der Waals surface area contributed by atoms with Gasteiger partial charge >= 0.3 is 0 Å². The summed E-state index contributed by atoms with van der Waals surface area (Å²) in [7, 11) is 0. The third kappa shape index (κ3) is 7.52. The molecule has 6 heteroatoms. The second-order valence-corrected chi connectivity index (χ2v) is 7.42. The Hall–Kier alpha value is -2.86. The Kier molecular flexibility index (Phi) is 9.35. The van der Waals surface area contributed by atoms with Gasteiger partial charge in [0.2, 0.25) is 0 Å². The molecule has 0 radical (unpaired) electrons. The predicted octanol–water partition coefficient (Wildman–Crippen LogP) is 3.90. The third-order valence-corrected chi connectivity index (χ3v) is 4.96. The van der Waals surface area contributed by atoms with Crippen LogP contribution in [0.15, 0.2) is 48.5 Å². The zero-order valence-electron chi connectivity index (χ0n) is 18.4. The van der Waals surface area contributed by atoms with Crippen molar-refractivity contribution in [2.45, 2.75) is 33.6 Å². The zero-order valence-corrected chi connectivity index (χ0v) is 18.4. The molecule has 0 aromatic heterocycles. The molecule has 0 aliphatic rings. The molecule has 0 saturated carbocycles. The standard InChI is InChI=1S/C24H33N3O3/c1-5-27(6-2)16-15-25-24(29)20-7-11-21(12-8-20)26-23(28)17-30-22-13-9-19(10-14-22)18(3)4/h7-14,18H,5-6,15-17H2,1-4H3,(H,25,29)(H,26,28). The largest absolute Gasteiger partial charge is 0.484 e. The van der Waals surface area contributed by atoms with Crippen molar-refractivity contribution in [2.75, 3.05) is 38.1 Å². The highest BCUT2D eigenvalue weighted by molar-refractivity contribution is 5.96. The average Bonchev–Trinajstić information content (AvgIpc) is 2.76. The molecule has 0 fully saturated rings. The van der Waals surface area contributed by atoms with E-state index in [1.165, 1.54) is 5.56 Å². The van der Waals surface area contributed by atoms with E-state index in [9.17, 15) is 9.59 Å². The average molecular weight is 412 g/mol. The van der Waals surface area contributed by atoms with Crippen LogP contribution in [0.25, 0.3) is 0 Å². The number of hydrogen-bond acceptors (Lipinski definition) is 4. The topological polar surface area (TPSA) is 70.7 Å². The lowest BCUT2D eigenvalue weighted by Gasteiger charge is -2.18. The predicted molar refractivity (Wildman–Crippen MR) is 121 cm³/mol. The fraction of sp³-hybridized carbons (Fsp3) is 0.417. The molecule has 2 aromatic carbocycles. The van der Waals surface area contributed by atoms with Gasteiger partial charge in [0, 0.05) is 24.3 Å². The Morgan fingerprint density at radius 1 is 0.967 bits per heavy atom. The van der Waals surface area contributed by atoms with Gasteiger partial charge in [-0.25, -0.2) is 0 Å². The van der Waals surface area contributed by atoms with E-state index in [1.54, 1.807) is 24.3 Å². The molecular weight excluding hydrogens is 378 g/mol.